The molecule has 0 aromatic carbocycles. The minimum Gasteiger partial charge on any atom is -0.300 e. The fourth-order valence-electron chi connectivity index (χ4n) is 4.59. The largest absolute Gasteiger partial charge is 0.300 e. The summed E-state index contributed by atoms with van der Waals surface area (Å²) in [7, 11) is 0. The van der Waals surface area contributed by atoms with Crippen LogP contribution in [0.15, 0.2) is 0 Å². The number of rotatable bonds is 3. The molecule has 0 aromatic heterocycles. The molecule has 2 aliphatic heterocycles. The van der Waals surface area contributed by atoms with E-state index in [4.69, 9.17) is 0 Å². The van der Waals surface area contributed by atoms with Gasteiger partial charge >= 0.3 is 0 Å². The summed E-state index contributed by atoms with van der Waals surface area (Å²) < 4.78 is 0. The molecule has 0 radical (unpaired) electrons. The Morgan fingerprint density at radius 2 is 1.48 bits per heavy atom. The van der Waals surface area contributed by atoms with Crippen molar-refractivity contribution in [1.29, 1.82) is 0 Å². The van der Waals surface area contributed by atoms with Gasteiger partial charge in [-0.2, -0.15) is 0 Å². The first-order valence-corrected chi connectivity index (χ1v) is 9.71. The van der Waals surface area contributed by atoms with Gasteiger partial charge in [-0.15, -0.1) is 0 Å². The molecule has 1 saturated carbocycles. The highest BCUT2D eigenvalue weighted by Crippen LogP contribution is 2.47. The molecule has 2 heteroatoms. The number of likely N-dealkylation sites (tertiary alicyclic amines) is 2. The lowest BCUT2D eigenvalue weighted by molar-refractivity contribution is -0.0174. The molecule has 2 saturated heterocycles. The van der Waals surface area contributed by atoms with Crippen molar-refractivity contribution in [3.8, 4) is 0 Å². The van der Waals surface area contributed by atoms with Crippen LogP contribution < -0.4 is 0 Å². The van der Waals surface area contributed by atoms with Gasteiger partial charge in [0.15, 0.2) is 0 Å². The normalized spacial score (nSPS) is 28.0. The van der Waals surface area contributed by atoms with Crippen LogP contribution in [0.25, 0.3) is 0 Å². The van der Waals surface area contributed by atoms with Crippen LogP contribution in [0, 0.1) is 11.3 Å². The Morgan fingerprint density at radius 3 is 1.95 bits per heavy atom. The molecule has 0 N–H and O–H groups in total. The van der Waals surface area contributed by atoms with Crippen LogP contribution >= 0.6 is 0 Å². The summed E-state index contributed by atoms with van der Waals surface area (Å²) in [5.41, 5.74) is 0.760. The second-order valence-electron chi connectivity index (χ2n) is 7.39. The van der Waals surface area contributed by atoms with Gasteiger partial charge in [-0.1, -0.05) is 34.1 Å². The molecular weight excluding hydrogens is 256 g/mol. The monoisotopic (exact) mass is 294 g/mol. The van der Waals surface area contributed by atoms with Crippen molar-refractivity contribution in [1.82, 2.24) is 9.80 Å². The highest BCUT2D eigenvalue weighted by atomic mass is 15.3. The molecule has 0 atom stereocenters. The van der Waals surface area contributed by atoms with Crippen LogP contribution in [0.4, 0.5) is 0 Å². The van der Waals surface area contributed by atoms with Crippen LogP contribution in [0.3, 0.4) is 0 Å². The van der Waals surface area contributed by atoms with Gasteiger partial charge in [0.1, 0.15) is 0 Å². The van der Waals surface area contributed by atoms with Crippen molar-refractivity contribution in [2.45, 2.75) is 78.7 Å². The van der Waals surface area contributed by atoms with Gasteiger partial charge in [0.25, 0.3) is 0 Å². The van der Waals surface area contributed by atoms with E-state index in [0.717, 1.165) is 17.4 Å². The summed E-state index contributed by atoms with van der Waals surface area (Å²) >= 11 is 0. The maximum Gasteiger partial charge on any atom is 0.0350 e. The van der Waals surface area contributed by atoms with Gasteiger partial charge < -0.3 is 4.90 Å². The van der Waals surface area contributed by atoms with Crippen LogP contribution in [0.5, 0.6) is 0 Å². The summed E-state index contributed by atoms with van der Waals surface area (Å²) in [4.78, 5) is 5.37. The summed E-state index contributed by atoms with van der Waals surface area (Å²) in [5.74, 6) is 1.05. The van der Waals surface area contributed by atoms with E-state index in [1.165, 1.54) is 77.7 Å². The molecule has 3 fully saturated rings. The predicted octanol–water partition coefficient (Wildman–Crippen LogP) is 4.40. The third-order valence-electron chi connectivity index (χ3n) is 6.50. The molecular formula is C19H38N2. The van der Waals surface area contributed by atoms with E-state index in [-0.39, 0.29) is 0 Å². The van der Waals surface area contributed by atoms with Gasteiger partial charge in [-0.3, -0.25) is 4.90 Å². The van der Waals surface area contributed by atoms with Crippen molar-refractivity contribution in [2.24, 2.45) is 11.3 Å². The predicted molar refractivity (Wildman–Crippen MR) is 92.7 cm³/mol. The average molecular weight is 295 g/mol. The molecule has 1 aliphatic carbocycles. The molecule has 3 aliphatic rings. The zero-order chi connectivity index (χ0) is 15.3. The number of piperidine rings is 1. The molecule has 0 amide bonds. The molecule has 0 aromatic rings. The summed E-state index contributed by atoms with van der Waals surface area (Å²) in [5, 5.41) is 0. The molecule has 3 rings (SSSR count). The fraction of sp³-hybridized carbons (Fsp3) is 1.00. The highest BCUT2D eigenvalue weighted by Gasteiger charge is 2.40. The van der Waals surface area contributed by atoms with E-state index in [9.17, 15) is 0 Å². The molecule has 124 valence electrons. The number of nitrogens with zero attached hydrogens (tertiary/aromatic N) is 2. The SMILES string of the molecule is CC.CCC1CCC2(CC1)CCN(C1CN(CC)C1)CC2. The first kappa shape index (κ1) is 17.3. The lowest BCUT2D eigenvalue weighted by atomic mass is 9.65. The molecule has 0 unspecified atom stereocenters. The number of hydrogen-bond donors (Lipinski definition) is 0. The van der Waals surface area contributed by atoms with Crippen molar-refractivity contribution in [3.05, 3.63) is 0 Å². The van der Waals surface area contributed by atoms with Gasteiger partial charge in [-0.05, 0) is 69.5 Å². The van der Waals surface area contributed by atoms with E-state index in [1.54, 1.807) is 0 Å². The Hall–Kier alpha value is -0.0800. The Morgan fingerprint density at radius 1 is 0.905 bits per heavy atom. The molecule has 2 nitrogen and oxygen atoms in total. The second kappa shape index (κ2) is 7.97. The van der Waals surface area contributed by atoms with Crippen molar-refractivity contribution < 1.29 is 0 Å². The van der Waals surface area contributed by atoms with E-state index in [2.05, 4.69) is 23.6 Å². The minimum atomic E-state index is 0.760. The number of hydrogen-bond acceptors (Lipinski definition) is 2. The van der Waals surface area contributed by atoms with Gasteiger partial charge in [-0.25, -0.2) is 0 Å². The van der Waals surface area contributed by atoms with Crippen molar-refractivity contribution in [2.75, 3.05) is 32.7 Å². The second-order valence-corrected chi connectivity index (χ2v) is 7.39. The Kier molecular flexibility index (Phi) is 6.55. The van der Waals surface area contributed by atoms with Gasteiger partial charge in [0.05, 0.1) is 0 Å². The van der Waals surface area contributed by atoms with Crippen LogP contribution in [-0.2, 0) is 0 Å². The first-order valence-electron chi connectivity index (χ1n) is 9.71. The molecule has 21 heavy (non-hydrogen) atoms. The lowest BCUT2D eigenvalue weighted by Crippen LogP contribution is -2.61. The Balaban J connectivity index is 0.000000774. The molecule has 0 bridgehead atoms. The van der Waals surface area contributed by atoms with Crippen LogP contribution in [0.1, 0.15) is 72.6 Å². The molecule has 1 spiro atoms. The first-order chi connectivity index (χ1) is 10.2. The highest BCUT2D eigenvalue weighted by molar-refractivity contribution is 4.95. The number of likely N-dealkylation sites (N-methyl/N-ethyl adjacent to an activating group) is 1. The average Bonchev–Trinajstić information content (AvgIpc) is 2.51. The standard InChI is InChI=1S/C17H32N2.C2H6/c1-3-15-5-7-17(8-6-15)9-11-19(12-10-17)16-13-18(4-2)14-16;1-2/h15-16H,3-14H2,1-2H3;1-2H3. The third kappa shape index (κ3) is 4.01. The Bertz CT molecular complexity index is 278. The van der Waals surface area contributed by atoms with E-state index < -0.39 is 0 Å². The van der Waals surface area contributed by atoms with E-state index in [0.29, 0.717) is 0 Å². The summed E-state index contributed by atoms with van der Waals surface area (Å²) in [6.07, 6.45) is 10.5. The third-order valence-corrected chi connectivity index (χ3v) is 6.50. The van der Waals surface area contributed by atoms with Crippen LogP contribution in [-0.4, -0.2) is 48.6 Å². The minimum absolute atomic E-state index is 0.760. The Labute approximate surface area is 133 Å². The van der Waals surface area contributed by atoms with Crippen molar-refractivity contribution >= 4 is 0 Å². The lowest BCUT2D eigenvalue weighted by Gasteiger charge is -2.51. The molecule has 2 heterocycles. The zero-order valence-electron chi connectivity index (χ0n) is 15.0. The van der Waals surface area contributed by atoms with E-state index in [1.807, 2.05) is 13.8 Å². The summed E-state index contributed by atoms with van der Waals surface area (Å²) in [6.45, 7) is 15.3. The smallest absolute Gasteiger partial charge is 0.0350 e. The van der Waals surface area contributed by atoms with Crippen molar-refractivity contribution in [3.63, 3.8) is 0 Å². The van der Waals surface area contributed by atoms with Gasteiger partial charge in [0.2, 0.25) is 0 Å². The maximum absolute atomic E-state index is 2.79. The zero-order valence-corrected chi connectivity index (χ0v) is 15.0. The van der Waals surface area contributed by atoms with E-state index >= 15 is 0 Å². The van der Waals surface area contributed by atoms with Gasteiger partial charge in [0, 0.05) is 19.1 Å². The van der Waals surface area contributed by atoms with Crippen LogP contribution in [0.2, 0.25) is 0 Å². The topological polar surface area (TPSA) is 6.48 Å². The fourth-order valence-corrected chi connectivity index (χ4v) is 4.59. The summed E-state index contributed by atoms with van der Waals surface area (Å²) in [6, 6.07) is 0.893. The quantitative estimate of drug-likeness (QED) is 0.761. The maximum atomic E-state index is 2.79.